The highest BCUT2D eigenvalue weighted by atomic mass is 32.1. The standard InChI is InChI=1S/C19H23NO6S/c1-23-15-10-17(25-3)16(24-2)9-13(15)11-20-18(21)12-26-19(22)7-6-14-5-4-8-27-14/h4-5,8-10H,6-7,11-12H2,1-3H3,(H,20,21). The maximum atomic E-state index is 11.9. The Hall–Kier alpha value is -2.74. The first-order chi connectivity index (χ1) is 13.1. The highest BCUT2D eigenvalue weighted by Gasteiger charge is 2.13. The van der Waals surface area contributed by atoms with Crippen LogP contribution in [0.1, 0.15) is 16.9 Å². The lowest BCUT2D eigenvalue weighted by Gasteiger charge is -2.14. The number of amides is 1. The number of benzene rings is 1. The molecule has 0 spiro atoms. The van der Waals surface area contributed by atoms with Crippen molar-refractivity contribution in [1.82, 2.24) is 5.32 Å². The van der Waals surface area contributed by atoms with Crippen molar-refractivity contribution in [3.8, 4) is 17.2 Å². The molecular weight excluding hydrogens is 370 g/mol. The van der Waals surface area contributed by atoms with Crippen LogP contribution in [0.2, 0.25) is 0 Å². The summed E-state index contributed by atoms with van der Waals surface area (Å²) >= 11 is 1.59. The van der Waals surface area contributed by atoms with E-state index < -0.39 is 11.9 Å². The molecule has 1 aromatic heterocycles. The Labute approximate surface area is 162 Å². The average molecular weight is 393 g/mol. The number of thiophene rings is 1. The predicted octanol–water partition coefficient (Wildman–Crippen LogP) is 2.57. The van der Waals surface area contributed by atoms with E-state index in [1.807, 2.05) is 17.5 Å². The Kier molecular flexibility index (Phi) is 7.94. The van der Waals surface area contributed by atoms with E-state index in [1.165, 1.54) is 21.3 Å². The van der Waals surface area contributed by atoms with Gasteiger partial charge in [0.25, 0.3) is 5.91 Å². The average Bonchev–Trinajstić information content (AvgIpc) is 3.21. The zero-order chi connectivity index (χ0) is 19.6. The molecule has 1 heterocycles. The van der Waals surface area contributed by atoms with Gasteiger partial charge in [0.1, 0.15) is 5.75 Å². The summed E-state index contributed by atoms with van der Waals surface area (Å²) < 4.78 is 20.8. The summed E-state index contributed by atoms with van der Waals surface area (Å²) in [5.74, 6) is 0.825. The molecule has 0 saturated carbocycles. The maximum Gasteiger partial charge on any atom is 0.306 e. The third kappa shape index (κ3) is 6.18. The first kappa shape index (κ1) is 20.6. The smallest absolute Gasteiger partial charge is 0.306 e. The van der Waals surface area contributed by atoms with Crippen LogP contribution in [0, 0.1) is 0 Å². The molecule has 8 heteroatoms. The summed E-state index contributed by atoms with van der Waals surface area (Å²) in [5, 5.41) is 4.65. The zero-order valence-electron chi connectivity index (χ0n) is 15.6. The molecule has 0 aliphatic heterocycles. The van der Waals surface area contributed by atoms with Gasteiger partial charge in [-0.15, -0.1) is 11.3 Å². The van der Waals surface area contributed by atoms with Crippen LogP contribution in [0.25, 0.3) is 0 Å². The molecule has 0 aliphatic carbocycles. The molecule has 2 aromatic rings. The Bertz CT molecular complexity index is 760. The second kappa shape index (κ2) is 10.4. The predicted molar refractivity (Wildman–Crippen MR) is 102 cm³/mol. The summed E-state index contributed by atoms with van der Waals surface area (Å²) in [6.45, 7) is -0.117. The molecule has 1 N–H and O–H groups in total. The van der Waals surface area contributed by atoms with Gasteiger partial charge in [-0.05, 0) is 23.9 Å². The lowest BCUT2D eigenvalue weighted by atomic mass is 10.1. The van der Waals surface area contributed by atoms with E-state index in [1.54, 1.807) is 23.5 Å². The first-order valence-electron chi connectivity index (χ1n) is 8.31. The Morgan fingerprint density at radius 3 is 2.37 bits per heavy atom. The fraction of sp³-hybridized carbons (Fsp3) is 0.368. The number of hydrogen-bond donors (Lipinski definition) is 1. The first-order valence-corrected chi connectivity index (χ1v) is 9.19. The van der Waals surface area contributed by atoms with Crippen molar-refractivity contribution < 1.29 is 28.5 Å². The fourth-order valence-electron chi connectivity index (χ4n) is 2.37. The highest BCUT2D eigenvalue weighted by Crippen LogP contribution is 2.34. The van der Waals surface area contributed by atoms with Gasteiger partial charge in [-0.25, -0.2) is 0 Å². The number of methoxy groups -OCH3 is 3. The van der Waals surface area contributed by atoms with Gasteiger partial charge in [-0.3, -0.25) is 9.59 Å². The molecule has 0 radical (unpaired) electrons. The summed E-state index contributed by atoms with van der Waals surface area (Å²) in [7, 11) is 4.59. The molecule has 27 heavy (non-hydrogen) atoms. The van der Waals surface area contributed by atoms with E-state index in [0.29, 0.717) is 29.2 Å². The number of carbonyl (C=O) groups excluding carboxylic acids is 2. The number of hydrogen-bond acceptors (Lipinski definition) is 7. The van der Waals surface area contributed by atoms with Crippen LogP contribution in [-0.4, -0.2) is 39.8 Å². The molecule has 0 bridgehead atoms. The number of rotatable bonds is 10. The molecule has 1 aromatic carbocycles. The minimum Gasteiger partial charge on any atom is -0.496 e. The number of ether oxygens (including phenoxy) is 4. The monoisotopic (exact) mass is 393 g/mol. The van der Waals surface area contributed by atoms with E-state index in [2.05, 4.69) is 5.32 Å². The van der Waals surface area contributed by atoms with Gasteiger partial charge in [0.2, 0.25) is 0 Å². The van der Waals surface area contributed by atoms with Gasteiger partial charge in [0, 0.05) is 23.1 Å². The van der Waals surface area contributed by atoms with Crippen LogP contribution in [0.15, 0.2) is 29.6 Å². The topological polar surface area (TPSA) is 83.1 Å². The molecule has 2 rings (SSSR count). The summed E-state index contributed by atoms with van der Waals surface area (Å²) in [5.41, 5.74) is 0.715. The van der Waals surface area contributed by atoms with Crippen LogP contribution in [0.5, 0.6) is 17.2 Å². The van der Waals surface area contributed by atoms with Gasteiger partial charge < -0.3 is 24.3 Å². The second-order valence-electron chi connectivity index (χ2n) is 5.54. The minimum absolute atomic E-state index is 0.203. The molecule has 0 atom stereocenters. The van der Waals surface area contributed by atoms with Crippen molar-refractivity contribution in [2.75, 3.05) is 27.9 Å². The highest BCUT2D eigenvalue weighted by molar-refractivity contribution is 7.09. The van der Waals surface area contributed by atoms with Gasteiger partial charge in [-0.2, -0.15) is 0 Å². The fourth-order valence-corrected chi connectivity index (χ4v) is 3.08. The largest absolute Gasteiger partial charge is 0.496 e. The van der Waals surface area contributed by atoms with Crippen LogP contribution in [-0.2, 0) is 27.3 Å². The van der Waals surface area contributed by atoms with Crippen LogP contribution in [0.4, 0.5) is 0 Å². The number of carbonyl (C=O) groups is 2. The van der Waals surface area contributed by atoms with E-state index in [4.69, 9.17) is 18.9 Å². The molecule has 1 amide bonds. The van der Waals surface area contributed by atoms with E-state index in [9.17, 15) is 9.59 Å². The molecular formula is C19H23NO6S. The lowest BCUT2D eigenvalue weighted by Crippen LogP contribution is -2.28. The van der Waals surface area contributed by atoms with Crippen LogP contribution >= 0.6 is 11.3 Å². The second-order valence-corrected chi connectivity index (χ2v) is 6.57. The summed E-state index contributed by atoms with van der Waals surface area (Å²) in [4.78, 5) is 24.8. The van der Waals surface area contributed by atoms with Crippen molar-refractivity contribution in [3.63, 3.8) is 0 Å². The number of esters is 1. The van der Waals surface area contributed by atoms with Crippen molar-refractivity contribution in [2.24, 2.45) is 0 Å². The molecule has 146 valence electrons. The summed E-state index contributed by atoms with van der Waals surface area (Å²) in [6.07, 6.45) is 0.859. The SMILES string of the molecule is COc1cc(OC)c(OC)cc1CNC(=O)COC(=O)CCc1cccs1. The number of aryl methyl sites for hydroxylation is 1. The molecule has 7 nitrogen and oxygen atoms in total. The quantitative estimate of drug-likeness (QED) is 0.625. The molecule has 0 saturated heterocycles. The molecule has 0 unspecified atom stereocenters. The Balaban J connectivity index is 1.81. The van der Waals surface area contributed by atoms with E-state index in [0.717, 1.165) is 4.88 Å². The van der Waals surface area contributed by atoms with Crippen molar-refractivity contribution in [2.45, 2.75) is 19.4 Å². The van der Waals surface area contributed by atoms with Crippen molar-refractivity contribution >= 4 is 23.2 Å². The van der Waals surface area contributed by atoms with Crippen molar-refractivity contribution in [1.29, 1.82) is 0 Å². The summed E-state index contributed by atoms with van der Waals surface area (Å²) in [6, 6.07) is 7.30. The normalized spacial score (nSPS) is 10.2. The van der Waals surface area contributed by atoms with E-state index in [-0.39, 0.29) is 19.6 Å². The van der Waals surface area contributed by atoms with Crippen molar-refractivity contribution in [3.05, 3.63) is 40.1 Å². The third-order valence-electron chi connectivity index (χ3n) is 3.78. The third-order valence-corrected chi connectivity index (χ3v) is 4.72. The Morgan fingerprint density at radius 2 is 1.74 bits per heavy atom. The zero-order valence-corrected chi connectivity index (χ0v) is 16.4. The van der Waals surface area contributed by atoms with Crippen LogP contribution in [0.3, 0.4) is 0 Å². The van der Waals surface area contributed by atoms with Gasteiger partial charge >= 0.3 is 5.97 Å². The van der Waals surface area contributed by atoms with Gasteiger partial charge in [0.05, 0.1) is 27.8 Å². The van der Waals surface area contributed by atoms with E-state index >= 15 is 0 Å². The Morgan fingerprint density at radius 1 is 1.04 bits per heavy atom. The molecule has 0 aliphatic rings. The van der Waals surface area contributed by atoms with Gasteiger partial charge in [-0.1, -0.05) is 6.07 Å². The number of nitrogens with one attached hydrogen (secondary N) is 1. The molecule has 0 fully saturated rings. The maximum absolute atomic E-state index is 11.9. The lowest BCUT2D eigenvalue weighted by molar-refractivity contribution is -0.148. The van der Waals surface area contributed by atoms with Crippen LogP contribution < -0.4 is 19.5 Å². The minimum atomic E-state index is -0.401. The van der Waals surface area contributed by atoms with Gasteiger partial charge in [0.15, 0.2) is 18.1 Å².